The lowest BCUT2D eigenvalue weighted by atomic mass is 10.2. The van der Waals surface area contributed by atoms with Gasteiger partial charge in [0.1, 0.15) is 16.3 Å². The highest BCUT2D eigenvalue weighted by molar-refractivity contribution is 7.99. The number of para-hydroxylation sites is 2. The molecular weight excluding hydrogens is 519 g/mol. The van der Waals surface area contributed by atoms with Crippen LogP contribution in [-0.2, 0) is 11.3 Å². The van der Waals surface area contributed by atoms with Gasteiger partial charge in [0.25, 0.3) is 5.56 Å². The summed E-state index contributed by atoms with van der Waals surface area (Å²) in [7, 11) is 0. The van der Waals surface area contributed by atoms with Crippen molar-refractivity contribution in [2.24, 2.45) is 0 Å². The summed E-state index contributed by atoms with van der Waals surface area (Å²) in [4.78, 5) is 31.0. The van der Waals surface area contributed by atoms with Gasteiger partial charge in [-0.05, 0) is 55.0 Å². The van der Waals surface area contributed by atoms with Crippen LogP contribution in [-0.4, -0.2) is 25.8 Å². The van der Waals surface area contributed by atoms with Gasteiger partial charge in [-0.25, -0.2) is 9.37 Å². The summed E-state index contributed by atoms with van der Waals surface area (Å²) in [5.41, 5.74) is 1.73. The summed E-state index contributed by atoms with van der Waals surface area (Å²) in [6.45, 7) is 2.18. The standard InChI is InChI=1S/C25H19FN4O3S3/c1-15-7-2-4-10-18(15)29-22-21(36-25(29)34)23(32)30(19-11-5-3-9-17(19)26)24(28-22)35-14-20(31)27-13-16-8-6-12-33-16/h2-12H,13-14H2,1H3,(H,27,31). The van der Waals surface area contributed by atoms with Crippen molar-refractivity contribution in [3.63, 3.8) is 0 Å². The molecule has 1 amide bonds. The first-order valence-electron chi connectivity index (χ1n) is 10.9. The van der Waals surface area contributed by atoms with Crippen LogP contribution >= 0.6 is 35.3 Å². The summed E-state index contributed by atoms with van der Waals surface area (Å²) >= 11 is 7.77. The number of aromatic nitrogens is 3. The number of carbonyl (C=O) groups is 1. The van der Waals surface area contributed by atoms with E-state index in [-0.39, 0.29) is 29.0 Å². The third-order valence-corrected chi connectivity index (χ3v) is 7.69. The van der Waals surface area contributed by atoms with E-state index in [4.69, 9.17) is 21.6 Å². The average Bonchev–Trinajstić information content (AvgIpc) is 3.50. The largest absolute Gasteiger partial charge is 0.467 e. The highest BCUT2D eigenvalue weighted by Crippen LogP contribution is 2.29. The van der Waals surface area contributed by atoms with Crippen molar-refractivity contribution in [1.82, 2.24) is 19.4 Å². The van der Waals surface area contributed by atoms with Crippen LogP contribution in [0, 0.1) is 16.7 Å². The van der Waals surface area contributed by atoms with Gasteiger partial charge < -0.3 is 9.73 Å². The highest BCUT2D eigenvalue weighted by atomic mass is 32.2. The van der Waals surface area contributed by atoms with Crippen molar-refractivity contribution in [2.45, 2.75) is 18.6 Å². The molecule has 5 aromatic rings. The second-order valence-corrected chi connectivity index (χ2v) is 10.4. The molecule has 0 unspecified atom stereocenters. The molecule has 3 aromatic heterocycles. The van der Waals surface area contributed by atoms with Crippen molar-refractivity contribution in [2.75, 3.05) is 5.75 Å². The Hall–Kier alpha value is -3.54. The number of thioether (sulfide) groups is 1. The molecular formula is C25H19FN4O3S3. The van der Waals surface area contributed by atoms with Crippen LogP contribution in [0.3, 0.4) is 0 Å². The van der Waals surface area contributed by atoms with Crippen LogP contribution in [0.5, 0.6) is 0 Å². The fourth-order valence-corrected chi connectivity index (χ4v) is 5.80. The van der Waals surface area contributed by atoms with E-state index in [9.17, 15) is 14.0 Å². The van der Waals surface area contributed by atoms with Gasteiger partial charge in [0.05, 0.1) is 29.9 Å². The Kier molecular flexibility index (Phi) is 6.86. The van der Waals surface area contributed by atoms with E-state index in [2.05, 4.69) is 5.32 Å². The maximum atomic E-state index is 14.8. The first-order chi connectivity index (χ1) is 17.4. The maximum Gasteiger partial charge on any atom is 0.278 e. The van der Waals surface area contributed by atoms with Crippen molar-refractivity contribution in [3.8, 4) is 11.4 Å². The van der Waals surface area contributed by atoms with Crippen LogP contribution < -0.4 is 10.9 Å². The quantitative estimate of drug-likeness (QED) is 0.169. The maximum absolute atomic E-state index is 14.8. The molecule has 0 aliphatic carbocycles. The molecule has 182 valence electrons. The third kappa shape index (κ3) is 4.64. The van der Waals surface area contributed by atoms with Crippen molar-refractivity contribution in [3.05, 3.63) is 98.4 Å². The minimum Gasteiger partial charge on any atom is -0.467 e. The molecule has 3 heterocycles. The second-order valence-electron chi connectivity index (χ2n) is 7.77. The number of aryl methyl sites for hydroxylation is 1. The summed E-state index contributed by atoms with van der Waals surface area (Å²) in [5.74, 6) is -0.284. The Bertz CT molecular complexity index is 1690. The molecule has 0 aliphatic heterocycles. The lowest BCUT2D eigenvalue weighted by Crippen LogP contribution is -2.26. The van der Waals surface area contributed by atoms with E-state index in [0.29, 0.717) is 20.1 Å². The van der Waals surface area contributed by atoms with Crippen LogP contribution in [0.15, 0.2) is 81.3 Å². The summed E-state index contributed by atoms with van der Waals surface area (Å²) in [6.07, 6.45) is 1.53. The van der Waals surface area contributed by atoms with Crippen molar-refractivity contribution < 1.29 is 13.6 Å². The Morgan fingerprint density at radius 2 is 1.86 bits per heavy atom. The molecule has 0 spiro atoms. The van der Waals surface area contributed by atoms with Crippen molar-refractivity contribution >= 4 is 51.6 Å². The van der Waals surface area contributed by atoms with Crippen LogP contribution in [0.1, 0.15) is 11.3 Å². The van der Waals surface area contributed by atoms with Crippen molar-refractivity contribution in [1.29, 1.82) is 0 Å². The molecule has 5 rings (SSSR count). The minimum atomic E-state index is -0.577. The number of carbonyl (C=O) groups excluding carboxylic acids is 1. The minimum absolute atomic E-state index is 0.0393. The van der Waals surface area contributed by atoms with Gasteiger partial charge in [-0.3, -0.25) is 18.7 Å². The molecule has 2 aromatic carbocycles. The SMILES string of the molecule is Cc1ccccc1-n1c(=S)sc2c(=O)n(-c3ccccc3F)c(SCC(=O)NCc3ccco3)nc21. The zero-order chi connectivity index (χ0) is 25.2. The number of nitrogens with one attached hydrogen (secondary N) is 1. The van der Waals surface area contributed by atoms with Crippen LogP contribution in [0.4, 0.5) is 4.39 Å². The number of furan rings is 1. The predicted molar refractivity (Wildman–Crippen MR) is 141 cm³/mol. The number of hydrogen-bond donors (Lipinski definition) is 1. The van der Waals surface area contributed by atoms with Gasteiger partial charge in [-0.15, -0.1) is 0 Å². The van der Waals surface area contributed by atoms with Gasteiger partial charge in [0, 0.05) is 0 Å². The number of hydrogen-bond acceptors (Lipinski definition) is 7. The predicted octanol–water partition coefficient (Wildman–Crippen LogP) is 5.42. The summed E-state index contributed by atoms with van der Waals surface area (Å²) in [5, 5.41) is 2.95. The van der Waals surface area contributed by atoms with E-state index < -0.39 is 11.4 Å². The van der Waals surface area contributed by atoms with Gasteiger partial charge >= 0.3 is 0 Å². The molecule has 1 N–H and O–H groups in total. The fraction of sp³-hybridized carbons (Fsp3) is 0.120. The third-order valence-electron chi connectivity index (χ3n) is 5.40. The van der Waals surface area contributed by atoms with E-state index in [1.54, 1.807) is 28.8 Å². The molecule has 36 heavy (non-hydrogen) atoms. The lowest BCUT2D eigenvalue weighted by Gasteiger charge is -2.14. The first kappa shape index (κ1) is 24.2. The monoisotopic (exact) mass is 538 g/mol. The van der Waals surface area contributed by atoms with E-state index in [0.717, 1.165) is 34.3 Å². The molecule has 0 radical (unpaired) electrons. The fourth-order valence-electron chi connectivity index (χ4n) is 3.68. The summed E-state index contributed by atoms with van der Waals surface area (Å²) < 4.78 is 23.7. The second kappa shape index (κ2) is 10.2. The summed E-state index contributed by atoms with van der Waals surface area (Å²) in [6, 6.07) is 17.1. The molecule has 0 saturated carbocycles. The Morgan fingerprint density at radius 3 is 2.58 bits per heavy atom. The van der Waals surface area contributed by atoms with E-state index in [1.807, 2.05) is 31.2 Å². The lowest BCUT2D eigenvalue weighted by molar-refractivity contribution is -0.118. The Morgan fingerprint density at radius 1 is 1.11 bits per heavy atom. The molecule has 0 fully saturated rings. The zero-order valence-electron chi connectivity index (χ0n) is 18.9. The molecule has 11 heteroatoms. The Labute approximate surface area is 218 Å². The Balaban J connectivity index is 1.61. The van der Waals surface area contributed by atoms with Gasteiger partial charge in [0.15, 0.2) is 14.8 Å². The van der Waals surface area contributed by atoms with Gasteiger partial charge in [0.2, 0.25) is 5.91 Å². The van der Waals surface area contributed by atoms with Crippen LogP contribution in [0.2, 0.25) is 0 Å². The average molecular weight is 539 g/mol. The number of nitrogens with zero attached hydrogens (tertiary/aromatic N) is 3. The number of halogens is 1. The van der Waals surface area contributed by atoms with E-state index in [1.165, 1.54) is 23.0 Å². The van der Waals surface area contributed by atoms with Crippen LogP contribution in [0.25, 0.3) is 21.7 Å². The molecule has 0 aliphatic rings. The number of amides is 1. The normalized spacial score (nSPS) is 11.2. The van der Waals surface area contributed by atoms with Gasteiger partial charge in [-0.1, -0.05) is 53.4 Å². The molecule has 7 nitrogen and oxygen atoms in total. The smallest absolute Gasteiger partial charge is 0.278 e. The number of fused-ring (bicyclic) bond motifs is 1. The highest BCUT2D eigenvalue weighted by Gasteiger charge is 2.21. The molecule has 0 saturated heterocycles. The topological polar surface area (TPSA) is 82.1 Å². The first-order valence-corrected chi connectivity index (χ1v) is 13.1. The number of rotatable bonds is 7. The van der Waals surface area contributed by atoms with Gasteiger partial charge in [-0.2, -0.15) is 0 Å². The van der Waals surface area contributed by atoms with E-state index >= 15 is 0 Å². The zero-order valence-corrected chi connectivity index (χ0v) is 21.4. The number of thiazole rings is 1. The number of benzene rings is 2. The molecule has 0 atom stereocenters. The molecule has 0 bridgehead atoms.